The van der Waals surface area contributed by atoms with Crippen molar-refractivity contribution >= 4 is 17.6 Å². The summed E-state index contributed by atoms with van der Waals surface area (Å²) in [5.74, 6) is 1.71. The van der Waals surface area contributed by atoms with Gasteiger partial charge in [0.25, 0.3) is 5.91 Å². The highest BCUT2D eigenvalue weighted by Gasteiger charge is 2.11. The molecule has 0 fully saturated rings. The Kier molecular flexibility index (Phi) is 5.80. The average Bonchev–Trinajstić information content (AvgIpc) is 2.91. The SMILES string of the molecule is CN(C)C(=O)c1ccc(CN=C(N)Nc2ccc3c(c2)OCCCO3)cc1. The first-order valence-corrected chi connectivity index (χ1v) is 8.80. The largest absolute Gasteiger partial charge is 0.490 e. The quantitative estimate of drug-likeness (QED) is 0.639. The summed E-state index contributed by atoms with van der Waals surface area (Å²) >= 11 is 0. The van der Waals surface area contributed by atoms with Crippen molar-refractivity contribution in [3.8, 4) is 11.5 Å². The third-order valence-electron chi connectivity index (χ3n) is 4.06. The van der Waals surface area contributed by atoms with Gasteiger partial charge < -0.3 is 25.4 Å². The summed E-state index contributed by atoms with van der Waals surface area (Å²) in [5, 5.41) is 3.06. The standard InChI is InChI=1S/C20H24N4O3/c1-24(2)19(25)15-6-4-14(5-7-15)13-22-20(21)23-16-8-9-17-18(12-16)27-11-3-10-26-17/h4-9,12H,3,10-11,13H2,1-2H3,(H3,21,22,23). The highest BCUT2D eigenvalue weighted by Crippen LogP contribution is 2.32. The van der Waals surface area contributed by atoms with Gasteiger partial charge in [-0.05, 0) is 29.8 Å². The molecule has 0 spiro atoms. The fourth-order valence-electron chi connectivity index (χ4n) is 2.62. The molecule has 0 atom stereocenters. The minimum atomic E-state index is -0.0272. The lowest BCUT2D eigenvalue weighted by Gasteiger charge is -2.11. The first kappa shape index (κ1) is 18.6. The Balaban J connectivity index is 1.61. The van der Waals surface area contributed by atoms with Crippen LogP contribution in [0.25, 0.3) is 0 Å². The molecule has 1 amide bonds. The lowest BCUT2D eigenvalue weighted by Crippen LogP contribution is -2.22. The zero-order valence-electron chi connectivity index (χ0n) is 15.6. The molecule has 0 aliphatic carbocycles. The van der Waals surface area contributed by atoms with Gasteiger partial charge in [0.15, 0.2) is 17.5 Å². The lowest BCUT2D eigenvalue weighted by molar-refractivity contribution is 0.0827. The Morgan fingerprint density at radius 3 is 2.52 bits per heavy atom. The number of aliphatic imine (C=N–C) groups is 1. The fraction of sp³-hybridized carbons (Fsp3) is 0.300. The molecule has 7 nitrogen and oxygen atoms in total. The Hall–Kier alpha value is -3.22. The lowest BCUT2D eigenvalue weighted by atomic mass is 10.1. The molecule has 0 saturated carbocycles. The van der Waals surface area contributed by atoms with E-state index in [2.05, 4.69) is 10.3 Å². The molecular weight excluding hydrogens is 344 g/mol. The number of guanidine groups is 1. The molecule has 0 aromatic heterocycles. The maximum absolute atomic E-state index is 11.9. The van der Waals surface area contributed by atoms with Crippen molar-refractivity contribution in [1.82, 2.24) is 4.90 Å². The molecule has 0 radical (unpaired) electrons. The van der Waals surface area contributed by atoms with Crippen molar-refractivity contribution in [3.63, 3.8) is 0 Å². The van der Waals surface area contributed by atoms with Crippen molar-refractivity contribution in [3.05, 3.63) is 53.6 Å². The highest BCUT2D eigenvalue weighted by atomic mass is 16.5. The third-order valence-corrected chi connectivity index (χ3v) is 4.06. The van der Waals surface area contributed by atoms with E-state index in [4.69, 9.17) is 15.2 Å². The average molecular weight is 368 g/mol. The van der Waals surface area contributed by atoms with E-state index in [-0.39, 0.29) is 5.91 Å². The number of benzene rings is 2. The Morgan fingerprint density at radius 1 is 1.11 bits per heavy atom. The normalized spacial score (nSPS) is 13.6. The van der Waals surface area contributed by atoms with Gasteiger partial charge >= 0.3 is 0 Å². The topological polar surface area (TPSA) is 89.2 Å². The van der Waals surface area contributed by atoms with Crippen LogP contribution in [0.15, 0.2) is 47.5 Å². The number of nitrogens with one attached hydrogen (secondary N) is 1. The molecule has 0 bridgehead atoms. The Labute approximate surface area is 158 Å². The molecule has 2 aromatic carbocycles. The van der Waals surface area contributed by atoms with E-state index in [1.165, 1.54) is 0 Å². The molecule has 0 saturated heterocycles. The van der Waals surface area contributed by atoms with Crippen molar-refractivity contribution < 1.29 is 14.3 Å². The minimum absolute atomic E-state index is 0.0272. The summed E-state index contributed by atoms with van der Waals surface area (Å²) in [6.45, 7) is 1.70. The second kappa shape index (κ2) is 8.44. The summed E-state index contributed by atoms with van der Waals surface area (Å²) in [4.78, 5) is 17.8. The zero-order valence-corrected chi connectivity index (χ0v) is 15.6. The van der Waals surface area contributed by atoms with E-state index < -0.39 is 0 Å². The summed E-state index contributed by atoms with van der Waals surface area (Å²) in [5.41, 5.74) is 8.38. The molecule has 3 N–H and O–H groups in total. The maximum atomic E-state index is 11.9. The predicted octanol–water partition coefficient (Wildman–Crippen LogP) is 2.48. The number of nitrogens with two attached hydrogens (primary N) is 1. The van der Waals surface area contributed by atoms with E-state index in [1.54, 1.807) is 31.1 Å². The van der Waals surface area contributed by atoms with Crippen molar-refractivity contribution in [1.29, 1.82) is 0 Å². The minimum Gasteiger partial charge on any atom is -0.490 e. The molecule has 7 heteroatoms. The van der Waals surface area contributed by atoms with Gasteiger partial charge in [-0.25, -0.2) is 4.99 Å². The first-order valence-electron chi connectivity index (χ1n) is 8.80. The molecule has 3 rings (SSSR count). The van der Waals surface area contributed by atoms with E-state index >= 15 is 0 Å². The third kappa shape index (κ3) is 4.91. The van der Waals surface area contributed by atoms with Crippen LogP contribution < -0.4 is 20.5 Å². The van der Waals surface area contributed by atoms with Crippen LogP contribution in [0.4, 0.5) is 5.69 Å². The Bertz CT molecular complexity index is 832. The highest BCUT2D eigenvalue weighted by molar-refractivity contribution is 5.94. The van der Waals surface area contributed by atoms with Gasteiger partial charge in [0.1, 0.15) is 0 Å². The number of nitrogens with zero attached hydrogens (tertiary/aromatic N) is 2. The number of hydrogen-bond donors (Lipinski definition) is 2. The molecule has 1 heterocycles. The number of hydrogen-bond acceptors (Lipinski definition) is 4. The second-order valence-electron chi connectivity index (χ2n) is 6.43. The van der Waals surface area contributed by atoms with E-state index in [0.717, 1.165) is 23.4 Å². The fourth-order valence-corrected chi connectivity index (χ4v) is 2.62. The van der Waals surface area contributed by atoms with Gasteiger partial charge in [-0.15, -0.1) is 0 Å². The molecule has 1 aliphatic heterocycles. The van der Waals surface area contributed by atoms with Crippen molar-refractivity contribution in [2.75, 3.05) is 32.6 Å². The number of fused-ring (bicyclic) bond motifs is 1. The van der Waals surface area contributed by atoms with Crippen LogP contribution in [-0.4, -0.2) is 44.1 Å². The van der Waals surface area contributed by atoms with Crippen LogP contribution in [0.1, 0.15) is 22.3 Å². The van der Waals surface area contributed by atoms with Crippen molar-refractivity contribution in [2.45, 2.75) is 13.0 Å². The van der Waals surface area contributed by atoms with E-state index in [9.17, 15) is 4.79 Å². The van der Waals surface area contributed by atoms with Gasteiger partial charge in [-0.1, -0.05) is 12.1 Å². The summed E-state index contributed by atoms with van der Waals surface area (Å²) in [6, 6.07) is 12.9. The summed E-state index contributed by atoms with van der Waals surface area (Å²) in [6.07, 6.45) is 0.861. The maximum Gasteiger partial charge on any atom is 0.253 e. The van der Waals surface area contributed by atoms with E-state index in [0.29, 0.717) is 37.0 Å². The van der Waals surface area contributed by atoms with Gasteiger partial charge in [0.2, 0.25) is 0 Å². The zero-order chi connectivity index (χ0) is 19.2. The number of carbonyl (C=O) groups is 1. The van der Waals surface area contributed by atoms with E-state index in [1.807, 2.05) is 30.3 Å². The summed E-state index contributed by atoms with van der Waals surface area (Å²) < 4.78 is 11.3. The Morgan fingerprint density at radius 2 is 1.81 bits per heavy atom. The van der Waals surface area contributed by atoms with Crippen LogP contribution >= 0.6 is 0 Å². The monoisotopic (exact) mass is 368 g/mol. The van der Waals surface area contributed by atoms with Crippen LogP contribution in [0.2, 0.25) is 0 Å². The molecular formula is C20H24N4O3. The molecule has 27 heavy (non-hydrogen) atoms. The predicted molar refractivity (Wildman–Crippen MR) is 105 cm³/mol. The number of ether oxygens (including phenoxy) is 2. The van der Waals surface area contributed by atoms with Crippen LogP contribution in [-0.2, 0) is 6.54 Å². The number of amides is 1. The van der Waals surface area contributed by atoms with Gasteiger partial charge in [0.05, 0.1) is 19.8 Å². The molecule has 142 valence electrons. The molecule has 1 aliphatic rings. The van der Waals surface area contributed by atoms with Crippen molar-refractivity contribution in [2.24, 2.45) is 10.7 Å². The number of rotatable bonds is 4. The van der Waals surface area contributed by atoms with Gasteiger partial charge in [0, 0.05) is 37.8 Å². The smallest absolute Gasteiger partial charge is 0.253 e. The molecule has 0 unspecified atom stereocenters. The second-order valence-corrected chi connectivity index (χ2v) is 6.43. The van der Waals surface area contributed by atoms with Crippen LogP contribution in [0.3, 0.4) is 0 Å². The summed E-state index contributed by atoms with van der Waals surface area (Å²) in [7, 11) is 3.46. The number of anilines is 1. The van der Waals surface area contributed by atoms with Crippen LogP contribution in [0.5, 0.6) is 11.5 Å². The number of carbonyl (C=O) groups excluding carboxylic acids is 1. The first-order chi connectivity index (χ1) is 13.0. The van der Waals surface area contributed by atoms with Crippen LogP contribution in [0, 0.1) is 0 Å². The van der Waals surface area contributed by atoms with Gasteiger partial charge in [-0.2, -0.15) is 0 Å². The molecule has 2 aromatic rings. The van der Waals surface area contributed by atoms with Gasteiger partial charge in [-0.3, -0.25) is 4.79 Å².